The molecule has 20 heavy (non-hydrogen) atoms. The summed E-state index contributed by atoms with van der Waals surface area (Å²) in [7, 11) is 0. The topological polar surface area (TPSA) is 59.3 Å². The summed E-state index contributed by atoms with van der Waals surface area (Å²) in [5.41, 5.74) is 1.12. The smallest absolute Gasteiger partial charge is 0.0897 e. The molecule has 0 bridgehead atoms. The summed E-state index contributed by atoms with van der Waals surface area (Å²) >= 11 is 0. The summed E-state index contributed by atoms with van der Waals surface area (Å²) in [6.07, 6.45) is 3.18. The molecule has 1 heterocycles. The second-order valence-corrected chi connectivity index (χ2v) is 4.63. The molecule has 1 aromatic heterocycles. The lowest BCUT2D eigenvalue weighted by molar-refractivity contribution is 0.0288. The minimum absolute atomic E-state index is 0.337. The van der Waals surface area contributed by atoms with Crippen LogP contribution in [-0.4, -0.2) is 40.7 Å². The molecular formula is C15H21N3O2. The molecule has 2 aromatic rings. The van der Waals surface area contributed by atoms with E-state index in [9.17, 15) is 5.11 Å². The number of nitrogens with one attached hydrogen (secondary N) is 1. The molecule has 0 aliphatic rings. The van der Waals surface area contributed by atoms with Crippen LogP contribution in [0.25, 0.3) is 0 Å². The Morgan fingerprint density at radius 2 is 2.10 bits per heavy atom. The molecule has 0 saturated carbocycles. The van der Waals surface area contributed by atoms with Crippen LogP contribution in [0.15, 0.2) is 48.8 Å². The van der Waals surface area contributed by atoms with Crippen LogP contribution in [-0.2, 0) is 17.9 Å². The van der Waals surface area contributed by atoms with Gasteiger partial charge in [0.15, 0.2) is 0 Å². The Kier molecular flexibility index (Phi) is 6.23. The number of nitrogens with zero attached hydrogens (tertiary/aromatic N) is 2. The van der Waals surface area contributed by atoms with Gasteiger partial charge in [-0.25, -0.2) is 0 Å². The van der Waals surface area contributed by atoms with E-state index >= 15 is 0 Å². The lowest BCUT2D eigenvalue weighted by atomic mass is 10.2. The summed E-state index contributed by atoms with van der Waals surface area (Å²) in [4.78, 5) is 0. The molecule has 0 aliphatic carbocycles. The van der Waals surface area contributed by atoms with Gasteiger partial charge in [0.25, 0.3) is 0 Å². The lowest BCUT2D eigenvalue weighted by Crippen LogP contribution is -2.32. The number of hydrogen-bond donors (Lipinski definition) is 2. The standard InChI is InChI=1S/C15H21N3O2/c19-15(11-16-8-10-18-9-4-7-17-18)13-20-12-14-5-2-1-3-6-14/h1-7,9,15-16,19H,8,10-13H2. The number of benzene rings is 1. The van der Waals surface area contributed by atoms with Crippen molar-refractivity contribution in [2.45, 2.75) is 19.3 Å². The first-order valence-electron chi connectivity index (χ1n) is 6.82. The van der Waals surface area contributed by atoms with E-state index in [4.69, 9.17) is 4.74 Å². The fourth-order valence-corrected chi connectivity index (χ4v) is 1.84. The monoisotopic (exact) mass is 275 g/mol. The van der Waals surface area contributed by atoms with Crippen molar-refractivity contribution in [2.75, 3.05) is 19.7 Å². The van der Waals surface area contributed by atoms with Crippen molar-refractivity contribution in [1.29, 1.82) is 0 Å². The van der Waals surface area contributed by atoms with Gasteiger partial charge in [0.05, 0.1) is 25.9 Å². The fraction of sp³-hybridized carbons (Fsp3) is 0.400. The highest BCUT2D eigenvalue weighted by molar-refractivity contribution is 5.13. The third kappa shape index (κ3) is 5.52. The third-order valence-corrected chi connectivity index (χ3v) is 2.88. The number of rotatable bonds is 9. The first kappa shape index (κ1) is 14.7. The second-order valence-electron chi connectivity index (χ2n) is 4.63. The molecule has 2 rings (SSSR count). The molecule has 0 spiro atoms. The van der Waals surface area contributed by atoms with Crippen molar-refractivity contribution >= 4 is 0 Å². The summed E-state index contributed by atoms with van der Waals surface area (Å²) in [5.74, 6) is 0. The maximum Gasteiger partial charge on any atom is 0.0897 e. The van der Waals surface area contributed by atoms with E-state index in [2.05, 4.69) is 10.4 Å². The van der Waals surface area contributed by atoms with Crippen LogP contribution in [0.2, 0.25) is 0 Å². The maximum atomic E-state index is 9.77. The van der Waals surface area contributed by atoms with E-state index in [0.29, 0.717) is 19.8 Å². The third-order valence-electron chi connectivity index (χ3n) is 2.88. The Balaban J connectivity index is 1.51. The second kappa shape index (κ2) is 8.47. The van der Waals surface area contributed by atoms with Crippen molar-refractivity contribution in [3.05, 3.63) is 54.4 Å². The van der Waals surface area contributed by atoms with Gasteiger partial charge in [-0.05, 0) is 11.6 Å². The normalized spacial score (nSPS) is 12.4. The van der Waals surface area contributed by atoms with Gasteiger partial charge < -0.3 is 15.2 Å². The number of aliphatic hydroxyl groups is 1. The molecule has 2 N–H and O–H groups in total. The molecule has 5 heteroatoms. The molecule has 108 valence electrons. The van der Waals surface area contributed by atoms with Gasteiger partial charge in [-0.2, -0.15) is 5.10 Å². The Labute approximate surface area is 119 Å². The van der Waals surface area contributed by atoms with Gasteiger partial charge in [-0.3, -0.25) is 4.68 Å². The molecule has 0 amide bonds. The predicted molar refractivity (Wildman–Crippen MR) is 77.2 cm³/mol. The summed E-state index contributed by atoms with van der Waals surface area (Å²) in [6, 6.07) is 11.8. The average Bonchev–Trinajstić information content (AvgIpc) is 2.98. The van der Waals surface area contributed by atoms with Crippen LogP contribution in [0.4, 0.5) is 0 Å². The predicted octanol–water partition coefficient (Wildman–Crippen LogP) is 1.05. The Bertz CT molecular complexity index is 459. The molecular weight excluding hydrogens is 254 g/mol. The van der Waals surface area contributed by atoms with Crippen LogP contribution in [0.3, 0.4) is 0 Å². The fourth-order valence-electron chi connectivity index (χ4n) is 1.84. The van der Waals surface area contributed by atoms with Gasteiger partial charge in [0.2, 0.25) is 0 Å². The average molecular weight is 275 g/mol. The van der Waals surface area contributed by atoms with Crippen molar-refractivity contribution < 1.29 is 9.84 Å². The molecule has 1 aromatic carbocycles. The van der Waals surface area contributed by atoms with Gasteiger partial charge in [0.1, 0.15) is 0 Å². The van der Waals surface area contributed by atoms with Crippen LogP contribution in [0.5, 0.6) is 0 Å². The zero-order valence-electron chi connectivity index (χ0n) is 11.5. The quantitative estimate of drug-likeness (QED) is 0.672. The largest absolute Gasteiger partial charge is 0.389 e. The Hall–Kier alpha value is -1.69. The highest BCUT2D eigenvalue weighted by Gasteiger charge is 2.03. The molecule has 1 unspecified atom stereocenters. The molecule has 0 fully saturated rings. The Morgan fingerprint density at radius 3 is 2.85 bits per heavy atom. The van der Waals surface area contributed by atoms with E-state index in [1.807, 2.05) is 47.3 Å². The summed E-state index contributed by atoms with van der Waals surface area (Å²) in [5, 5.41) is 17.1. The van der Waals surface area contributed by atoms with Gasteiger partial charge in [-0.1, -0.05) is 30.3 Å². The van der Waals surface area contributed by atoms with Crippen molar-refractivity contribution in [3.63, 3.8) is 0 Å². The molecule has 0 aliphatic heterocycles. The Morgan fingerprint density at radius 1 is 1.25 bits per heavy atom. The van der Waals surface area contributed by atoms with Crippen molar-refractivity contribution in [2.24, 2.45) is 0 Å². The summed E-state index contributed by atoms with van der Waals surface area (Å²) in [6.45, 7) is 2.97. The first-order chi connectivity index (χ1) is 9.84. The van der Waals surface area contributed by atoms with Crippen LogP contribution in [0.1, 0.15) is 5.56 Å². The van der Waals surface area contributed by atoms with E-state index in [-0.39, 0.29) is 0 Å². The maximum absolute atomic E-state index is 9.77. The van der Waals surface area contributed by atoms with E-state index in [1.54, 1.807) is 6.20 Å². The number of aromatic nitrogens is 2. The minimum atomic E-state index is -0.490. The van der Waals surface area contributed by atoms with Crippen LogP contribution in [0, 0.1) is 0 Å². The molecule has 0 radical (unpaired) electrons. The highest BCUT2D eigenvalue weighted by Crippen LogP contribution is 2.00. The van der Waals surface area contributed by atoms with Crippen molar-refractivity contribution in [3.8, 4) is 0 Å². The van der Waals surface area contributed by atoms with E-state index in [1.165, 1.54) is 0 Å². The minimum Gasteiger partial charge on any atom is -0.389 e. The van der Waals surface area contributed by atoms with Gasteiger partial charge in [0, 0.05) is 25.5 Å². The van der Waals surface area contributed by atoms with E-state index in [0.717, 1.165) is 18.7 Å². The zero-order chi connectivity index (χ0) is 14.0. The van der Waals surface area contributed by atoms with Gasteiger partial charge in [-0.15, -0.1) is 0 Å². The lowest BCUT2D eigenvalue weighted by Gasteiger charge is -2.12. The molecule has 5 nitrogen and oxygen atoms in total. The number of hydrogen-bond acceptors (Lipinski definition) is 4. The molecule has 0 saturated heterocycles. The highest BCUT2D eigenvalue weighted by atomic mass is 16.5. The molecule has 1 atom stereocenters. The van der Waals surface area contributed by atoms with Gasteiger partial charge >= 0.3 is 0 Å². The summed E-state index contributed by atoms with van der Waals surface area (Å²) < 4.78 is 7.33. The first-order valence-corrected chi connectivity index (χ1v) is 6.82. The van der Waals surface area contributed by atoms with Crippen molar-refractivity contribution in [1.82, 2.24) is 15.1 Å². The van der Waals surface area contributed by atoms with Crippen LogP contribution < -0.4 is 5.32 Å². The van der Waals surface area contributed by atoms with Crippen LogP contribution >= 0.6 is 0 Å². The number of aliphatic hydroxyl groups excluding tert-OH is 1. The number of ether oxygens (including phenoxy) is 1. The van der Waals surface area contributed by atoms with E-state index < -0.39 is 6.10 Å². The zero-order valence-corrected chi connectivity index (χ0v) is 11.5. The SMILES string of the molecule is OC(CNCCn1cccn1)COCc1ccccc1.